The van der Waals surface area contributed by atoms with Crippen molar-refractivity contribution in [2.75, 3.05) is 18.8 Å². The zero-order chi connectivity index (χ0) is 22.9. The molecule has 1 atom stereocenters. The van der Waals surface area contributed by atoms with Crippen molar-refractivity contribution in [3.8, 4) is 10.4 Å². The van der Waals surface area contributed by atoms with Crippen molar-refractivity contribution in [2.45, 2.75) is 19.2 Å². The van der Waals surface area contributed by atoms with Gasteiger partial charge in [0.1, 0.15) is 5.69 Å². The highest BCUT2D eigenvalue weighted by Crippen LogP contribution is 2.33. The van der Waals surface area contributed by atoms with Gasteiger partial charge in [-0.1, -0.05) is 29.8 Å². The number of thioether (sulfide) groups is 1. The van der Waals surface area contributed by atoms with Crippen LogP contribution >= 0.6 is 23.1 Å². The molecular formula is C24H23N5O2S2. The van der Waals surface area contributed by atoms with Gasteiger partial charge in [0.2, 0.25) is 0 Å². The molecule has 1 fully saturated rings. The first-order chi connectivity index (χ1) is 16.0. The van der Waals surface area contributed by atoms with Crippen molar-refractivity contribution < 1.29 is 9.59 Å². The van der Waals surface area contributed by atoms with Gasteiger partial charge >= 0.3 is 0 Å². The molecule has 1 aliphatic rings. The molecule has 2 aromatic carbocycles. The number of aryl methyl sites for hydroxylation is 2. The first kappa shape index (κ1) is 21.7. The molecule has 168 valence electrons. The molecule has 5 rings (SSSR count). The van der Waals surface area contributed by atoms with E-state index in [1.165, 1.54) is 11.3 Å². The summed E-state index contributed by atoms with van der Waals surface area (Å²) in [7, 11) is 0. The zero-order valence-electron chi connectivity index (χ0n) is 18.3. The average Bonchev–Trinajstić information content (AvgIpc) is 3.55. The lowest BCUT2D eigenvalue weighted by atomic mass is 10.1. The average molecular weight is 478 g/mol. The van der Waals surface area contributed by atoms with Gasteiger partial charge in [-0.25, -0.2) is 9.97 Å². The van der Waals surface area contributed by atoms with Crippen molar-refractivity contribution in [2.24, 2.45) is 0 Å². The van der Waals surface area contributed by atoms with Crippen LogP contribution in [0, 0.1) is 13.8 Å². The van der Waals surface area contributed by atoms with Crippen molar-refractivity contribution in [1.82, 2.24) is 25.2 Å². The van der Waals surface area contributed by atoms with E-state index in [0.717, 1.165) is 37.8 Å². The number of carbonyl (C=O) groups is 2. The van der Waals surface area contributed by atoms with Crippen molar-refractivity contribution in [3.63, 3.8) is 0 Å². The molecule has 1 saturated heterocycles. The van der Waals surface area contributed by atoms with Gasteiger partial charge in [0.15, 0.2) is 0 Å². The Bertz CT molecular complexity index is 1350. The minimum Gasteiger partial charge on any atom is -0.349 e. The first-order valence-corrected chi connectivity index (χ1v) is 12.5. The summed E-state index contributed by atoms with van der Waals surface area (Å²) < 4.78 is 0. The number of nitrogens with one attached hydrogen (secondary N) is 2. The van der Waals surface area contributed by atoms with E-state index in [2.05, 4.69) is 26.3 Å². The normalized spacial score (nSPS) is 15.8. The molecule has 2 aromatic heterocycles. The number of benzene rings is 2. The minimum absolute atomic E-state index is 0.0843. The topological polar surface area (TPSA) is 91.0 Å². The molecular weight excluding hydrogens is 454 g/mol. The van der Waals surface area contributed by atoms with E-state index in [9.17, 15) is 9.59 Å². The number of carbonyl (C=O) groups excluding carboxylic acids is 2. The van der Waals surface area contributed by atoms with E-state index in [-0.39, 0.29) is 17.2 Å². The van der Waals surface area contributed by atoms with Crippen LogP contribution in [0.25, 0.3) is 21.5 Å². The van der Waals surface area contributed by atoms with Crippen molar-refractivity contribution in [3.05, 3.63) is 70.6 Å². The number of aromatic nitrogens is 3. The molecule has 2 N–H and O–H groups in total. The Kier molecular flexibility index (Phi) is 5.90. The maximum absolute atomic E-state index is 13.5. The molecule has 0 radical (unpaired) electrons. The van der Waals surface area contributed by atoms with E-state index in [1.807, 2.05) is 43.0 Å². The summed E-state index contributed by atoms with van der Waals surface area (Å²) in [6.45, 7) is 4.97. The van der Waals surface area contributed by atoms with Crippen LogP contribution in [0.3, 0.4) is 0 Å². The predicted molar refractivity (Wildman–Crippen MR) is 133 cm³/mol. The summed E-state index contributed by atoms with van der Waals surface area (Å²) >= 11 is 3.21. The Morgan fingerprint density at radius 3 is 2.94 bits per heavy atom. The van der Waals surface area contributed by atoms with E-state index < -0.39 is 0 Å². The van der Waals surface area contributed by atoms with Crippen LogP contribution in [-0.4, -0.2) is 55.9 Å². The molecule has 0 bridgehead atoms. The largest absolute Gasteiger partial charge is 0.349 e. The maximum atomic E-state index is 13.5. The fourth-order valence-electron chi connectivity index (χ4n) is 3.97. The molecule has 0 saturated carbocycles. The summed E-state index contributed by atoms with van der Waals surface area (Å²) in [5.41, 5.74) is 4.84. The van der Waals surface area contributed by atoms with E-state index in [4.69, 9.17) is 0 Å². The Balaban J connectivity index is 1.31. The second-order valence-corrected chi connectivity index (χ2v) is 10.4. The van der Waals surface area contributed by atoms with Gasteiger partial charge in [-0.15, -0.1) is 23.1 Å². The number of H-pyrrole nitrogens is 1. The standard InChI is InChI=1S/C24H23N5O2S2/c1-14-4-3-5-16(10-14)22-21(28-15(2)33-22)24(31)29-8-9-32-20(29)12-25-23(30)17-6-7-18-19(11-17)27-13-26-18/h3-7,10-11,13,20H,8-9,12H2,1-2H3,(H,25,30)(H,26,27). The van der Waals surface area contributed by atoms with Gasteiger partial charge in [-0.05, 0) is 37.6 Å². The molecule has 1 unspecified atom stereocenters. The highest BCUT2D eigenvalue weighted by atomic mass is 32.2. The minimum atomic E-state index is -0.170. The SMILES string of the molecule is Cc1cccc(-c2sc(C)nc2C(=O)N2CCSC2CNC(=O)c2ccc3nc[nH]c3c2)c1. The number of amides is 2. The number of aromatic amines is 1. The third-order valence-electron chi connectivity index (χ3n) is 5.59. The van der Waals surface area contributed by atoms with E-state index >= 15 is 0 Å². The van der Waals surface area contributed by atoms with Crippen LogP contribution in [0.1, 0.15) is 31.4 Å². The third kappa shape index (κ3) is 4.38. The van der Waals surface area contributed by atoms with E-state index in [1.54, 1.807) is 30.2 Å². The molecule has 7 nitrogen and oxygen atoms in total. The molecule has 4 aromatic rings. The molecule has 2 amide bonds. The van der Waals surface area contributed by atoms with Gasteiger partial charge in [0, 0.05) is 24.4 Å². The fraction of sp³-hybridized carbons (Fsp3) is 0.250. The molecule has 0 spiro atoms. The maximum Gasteiger partial charge on any atom is 0.274 e. The second-order valence-electron chi connectivity index (χ2n) is 7.95. The second kappa shape index (κ2) is 8.99. The van der Waals surface area contributed by atoms with Crippen molar-refractivity contribution >= 4 is 45.9 Å². The lowest BCUT2D eigenvalue weighted by molar-refractivity contribution is 0.0747. The summed E-state index contributed by atoms with van der Waals surface area (Å²) in [4.78, 5) is 40.7. The Morgan fingerprint density at radius 2 is 2.09 bits per heavy atom. The van der Waals surface area contributed by atoms with Crippen LogP contribution in [0.5, 0.6) is 0 Å². The fourth-order valence-corrected chi connectivity index (χ4v) is 6.03. The predicted octanol–water partition coefficient (Wildman–Crippen LogP) is 4.25. The summed E-state index contributed by atoms with van der Waals surface area (Å²) in [6, 6.07) is 13.5. The molecule has 0 aliphatic carbocycles. The lowest BCUT2D eigenvalue weighted by Gasteiger charge is -2.24. The number of thiazole rings is 1. The van der Waals surface area contributed by atoms with Crippen LogP contribution in [0.4, 0.5) is 0 Å². The summed E-state index contributed by atoms with van der Waals surface area (Å²) in [6.07, 6.45) is 1.61. The summed E-state index contributed by atoms with van der Waals surface area (Å²) in [5, 5.41) is 3.71. The van der Waals surface area contributed by atoms with Gasteiger partial charge in [0.05, 0.1) is 32.6 Å². The molecule has 3 heterocycles. The summed E-state index contributed by atoms with van der Waals surface area (Å²) in [5.74, 6) is 0.574. The molecule has 1 aliphatic heterocycles. The van der Waals surface area contributed by atoms with Crippen molar-refractivity contribution in [1.29, 1.82) is 0 Å². The smallest absolute Gasteiger partial charge is 0.274 e. The van der Waals surface area contributed by atoms with Crippen LogP contribution in [0.15, 0.2) is 48.8 Å². The Morgan fingerprint density at radius 1 is 1.21 bits per heavy atom. The number of nitrogens with zero attached hydrogens (tertiary/aromatic N) is 3. The third-order valence-corrected chi connectivity index (χ3v) is 7.83. The van der Waals surface area contributed by atoms with Crippen LogP contribution in [0.2, 0.25) is 0 Å². The van der Waals surface area contributed by atoms with E-state index in [0.29, 0.717) is 24.3 Å². The zero-order valence-corrected chi connectivity index (χ0v) is 19.9. The van der Waals surface area contributed by atoms with Gasteiger partial charge in [0.25, 0.3) is 11.8 Å². The Hall–Kier alpha value is -3.17. The monoisotopic (exact) mass is 477 g/mol. The van der Waals surface area contributed by atoms with Gasteiger partial charge in [-0.2, -0.15) is 0 Å². The van der Waals surface area contributed by atoms with Gasteiger partial charge in [-0.3, -0.25) is 9.59 Å². The lowest BCUT2D eigenvalue weighted by Crippen LogP contribution is -2.42. The number of rotatable bonds is 5. The van der Waals surface area contributed by atoms with Crippen LogP contribution in [-0.2, 0) is 0 Å². The number of hydrogen-bond acceptors (Lipinski definition) is 6. The highest BCUT2D eigenvalue weighted by Gasteiger charge is 2.33. The first-order valence-electron chi connectivity index (χ1n) is 10.7. The number of imidazole rings is 1. The Labute approximate surface area is 199 Å². The number of hydrogen-bond donors (Lipinski definition) is 2. The van der Waals surface area contributed by atoms with Crippen LogP contribution < -0.4 is 5.32 Å². The molecule has 9 heteroatoms. The van der Waals surface area contributed by atoms with Gasteiger partial charge < -0.3 is 15.2 Å². The highest BCUT2D eigenvalue weighted by molar-refractivity contribution is 8.00. The number of fused-ring (bicyclic) bond motifs is 1. The quantitative estimate of drug-likeness (QED) is 0.448. The molecule has 33 heavy (non-hydrogen) atoms.